The Hall–Kier alpha value is -0.513. The number of hydrogen-bond acceptors (Lipinski definition) is 4. The van der Waals surface area contributed by atoms with Gasteiger partial charge in [-0.2, -0.15) is 0 Å². The van der Waals surface area contributed by atoms with Crippen LogP contribution in [0.2, 0.25) is 0 Å². The van der Waals surface area contributed by atoms with Crippen LogP contribution in [0, 0.1) is 0 Å². The molecule has 0 saturated carbocycles. The van der Waals surface area contributed by atoms with Crippen molar-refractivity contribution < 1.29 is 23.0 Å². The molecule has 0 spiro atoms. The van der Waals surface area contributed by atoms with E-state index in [-0.39, 0.29) is 36.3 Å². The van der Waals surface area contributed by atoms with Crippen LogP contribution in [0.5, 0.6) is 11.5 Å². The number of hydrogen-bond donors (Lipinski definition) is 1. The third kappa shape index (κ3) is 3.81. The second-order valence-electron chi connectivity index (χ2n) is 2.59. The summed E-state index contributed by atoms with van der Waals surface area (Å²) in [6.07, 6.45) is 0. The molecule has 1 unspecified atom stereocenters. The zero-order valence-corrected chi connectivity index (χ0v) is 9.24. The molecule has 16 heavy (non-hydrogen) atoms. The maximum absolute atomic E-state index is 11.1. The molecule has 0 aliphatic rings. The van der Waals surface area contributed by atoms with E-state index in [0.717, 1.165) is 0 Å². The van der Waals surface area contributed by atoms with Crippen LogP contribution >= 0.6 is 0 Å². The molecule has 1 N–H and O–H groups in total. The fourth-order valence-corrected chi connectivity index (χ4v) is 1.69. The molecule has 0 radical (unpaired) electrons. The van der Waals surface area contributed by atoms with Gasteiger partial charge in [-0.1, -0.05) is 6.07 Å². The van der Waals surface area contributed by atoms with Crippen LogP contribution in [0.4, 0.5) is 0 Å². The minimum absolute atomic E-state index is 0. The van der Waals surface area contributed by atoms with Crippen molar-refractivity contribution in [3.8, 4) is 11.5 Å². The number of rotatable bonds is 5. The summed E-state index contributed by atoms with van der Waals surface area (Å²) in [5.41, 5.74) is 0. The summed E-state index contributed by atoms with van der Waals surface area (Å²) in [5.74, 6) is 0.585. The zero-order valence-electron chi connectivity index (χ0n) is 8.43. The molecule has 0 saturated heterocycles. The van der Waals surface area contributed by atoms with E-state index in [1.807, 2.05) is 0 Å². The molecule has 1 aromatic rings. The van der Waals surface area contributed by atoms with Gasteiger partial charge in [0.15, 0.2) is 22.8 Å². The normalized spacial score (nSPS) is 11.4. The van der Waals surface area contributed by atoms with Gasteiger partial charge in [0, 0.05) is 7.11 Å². The first-order valence-corrected chi connectivity index (χ1v) is 5.21. The minimum atomic E-state index is -2.16. The van der Waals surface area contributed by atoms with Gasteiger partial charge in [0.25, 0.3) is 0 Å². The van der Waals surface area contributed by atoms with Crippen molar-refractivity contribution in [2.75, 3.05) is 21.0 Å². The van der Waals surface area contributed by atoms with Gasteiger partial charge >= 0.3 is 18.9 Å². The summed E-state index contributed by atoms with van der Waals surface area (Å²) in [5, 5.41) is 0. The Kier molecular flexibility index (Phi) is 7.46. The summed E-state index contributed by atoms with van der Waals surface area (Å²) in [7, 11) is 2.89. The van der Waals surface area contributed by atoms with Crippen molar-refractivity contribution in [1.29, 1.82) is 0 Å². The van der Waals surface area contributed by atoms with E-state index in [9.17, 15) is 4.21 Å². The summed E-state index contributed by atoms with van der Waals surface area (Å²) in [6, 6.07) is 4.83. The van der Waals surface area contributed by atoms with Crippen molar-refractivity contribution in [1.82, 2.24) is 0 Å². The van der Waals surface area contributed by atoms with Crippen LogP contribution < -0.4 is 9.47 Å². The van der Waals surface area contributed by atoms with E-state index in [0.29, 0.717) is 5.75 Å². The third-order valence-electron chi connectivity index (χ3n) is 1.67. The third-order valence-corrected chi connectivity index (χ3v) is 2.42. The molecular formula is C9H13LiO5S. The van der Waals surface area contributed by atoms with E-state index in [2.05, 4.69) is 0 Å². The van der Waals surface area contributed by atoms with E-state index in [1.165, 1.54) is 14.2 Å². The fraction of sp³-hybridized carbons (Fsp3) is 0.333. The monoisotopic (exact) mass is 240 g/mol. The van der Waals surface area contributed by atoms with Crippen LogP contribution in [-0.2, 0) is 15.8 Å². The van der Waals surface area contributed by atoms with Crippen molar-refractivity contribution in [3.63, 3.8) is 0 Å². The Bertz CT molecular complexity index is 358. The first-order chi connectivity index (χ1) is 7.20. The second-order valence-corrected chi connectivity index (χ2v) is 3.49. The Morgan fingerprint density at radius 2 is 1.94 bits per heavy atom. The standard InChI is InChI=1S/C9H12O5S.Li.H/c1-12-6-14-8-5-3-4-7(13-2)9(8)15(10)11;;/h3-5H,6H2,1-2H3,(H,10,11);;. The maximum atomic E-state index is 11.1. The van der Waals surface area contributed by atoms with Gasteiger partial charge in [0.1, 0.15) is 11.5 Å². The summed E-state index contributed by atoms with van der Waals surface area (Å²) in [6.45, 7) is 0.0113. The second kappa shape index (κ2) is 7.71. The molecule has 0 aromatic heterocycles. The first-order valence-electron chi connectivity index (χ1n) is 4.10. The Morgan fingerprint density at radius 1 is 1.31 bits per heavy atom. The van der Waals surface area contributed by atoms with E-state index < -0.39 is 11.1 Å². The molecule has 86 valence electrons. The predicted octanol–water partition coefficient (Wildman–Crippen LogP) is 0.610. The van der Waals surface area contributed by atoms with Crippen LogP contribution in [-0.4, -0.2) is 48.6 Å². The van der Waals surface area contributed by atoms with Crippen molar-refractivity contribution >= 4 is 29.9 Å². The van der Waals surface area contributed by atoms with E-state index in [1.54, 1.807) is 18.2 Å². The average Bonchev–Trinajstić information content (AvgIpc) is 2.25. The van der Waals surface area contributed by atoms with Gasteiger partial charge in [-0.25, -0.2) is 4.21 Å². The fourth-order valence-electron chi connectivity index (χ4n) is 1.06. The number of methoxy groups -OCH3 is 2. The molecule has 1 rings (SSSR count). The molecule has 7 heteroatoms. The molecular weight excluding hydrogens is 227 g/mol. The molecule has 0 amide bonds. The molecule has 0 aliphatic carbocycles. The quantitative estimate of drug-likeness (QED) is 0.464. The average molecular weight is 240 g/mol. The summed E-state index contributed by atoms with van der Waals surface area (Å²) in [4.78, 5) is 0.108. The van der Waals surface area contributed by atoms with Crippen molar-refractivity contribution in [2.45, 2.75) is 4.90 Å². The van der Waals surface area contributed by atoms with Crippen molar-refractivity contribution in [2.24, 2.45) is 0 Å². The van der Waals surface area contributed by atoms with Crippen LogP contribution in [0.15, 0.2) is 23.1 Å². The van der Waals surface area contributed by atoms with Crippen LogP contribution in [0.3, 0.4) is 0 Å². The molecule has 1 aromatic carbocycles. The van der Waals surface area contributed by atoms with Gasteiger partial charge in [0.05, 0.1) is 7.11 Å². The summed E-state index contributed by atoms with van der Waals surface area (Å²) < 4.78 is 35.0. The van der Waals surface area contributed by atoms with E-state index in [4.69, 9.17) is 18.8 Å². The van der Waals surface area contributed by atoms with Gasteiger partial charge < -0.3 is 18.8 Å². The predicted molar refractivity (Wildman–Crippen MR) is 61.7 cm³/mol. The SMILES string of the molecule is COCOc1cccc(OC)c1S(=O)O.[LiH]. The Balaban J connectivity index is 0.00000225. The van der Waals surface area contributed by atoms with E-state index >= 15 is 0 Å². The molecule has 0 fully saturated rings. The molecule has 0 bridgehead atoms. The number of benzene rings is 1. The number of ether oxygens (including phenoxy) is 3. The Morgan fingerprint density at radius 3 is 2.44 bits per heavy atom. The van der Waals surface area contributed by atoms with Gasteiger partial charge in [-0.3, -0.25) is 0 Å². The first kappa shape index (κ1) is 15.5. The van der Waals surface area contributed by atoms with Gasteiger partial charge in [0.2, 0.25) is 0 Å². The van der Waals surface area contributed by atoms with Crippen molar-refractivity contribution in [3.05, 3.63) is 18.2 Å². The molecule has 0 aliphatic heterocycles. The van der Waals surface area contributed by atoms with Crippen LogP contribution in [0.1, 0.15) is 0 Å². The summed E-state index contributed by atoms with van der Waals surface area (Å²) >= 11 is -2.16. The zero-order chi connectivity index (χ0) is 11.3. The van der Waals surface area contributed by atoms with Crippen LogP contribution in [0.25, 0.3) is 0 Å². The molecule has 1 atom stereocenters. The van der Waals surface area contributed by atoms with Gasteiger partial charge in [-0.15, -0.1) is 0 Å². The molecule has 0 heterocycles. The van der Waals surface area contributed by atoms with Gasteiger partial charge in [-0.05, 0) is 12.1 Å². The topological polar surface area (TPSA) is 65.0 Å². The molecule has 5 nitrogen and oxygen atoms in total. The Labute approximate surface area is 109 Å².